The quantitative estimate of drug-likeness (QED) is 0.908. The van der Waals surface area contributed by atoms with Gasteiger partial charge < -0.3 is 5.32 Å². The van der Waals surface area contributed by atoms with Gasteiger partial charge in [-0.3, -0.25) is 4.79 Å². The largest absolute Gasteiger partial charge is 0.347 e. The zero-order valence-corrected chi connectivity index (χ0v) is 11.1. The van der Waals surface area contributed by atoms with E-state index in [1.54, 1.807) is 18.2 Å². The fraction of sp³-hybridized carbons (Fsp3) is 0.0833. The molecule has 0 bridgehead atoms. The Kier molecular flexibility index (Phi) is 4.05. The maximum atomic E-state index is 11.7. The molecule has 0 aliphatic rings. The summed E-state index contributed by atoms with van der Waals surface area (Å²) in [5.41, 5.74) is 0.894. The highest BCUT2D eigenvalue weighted by Gasteiger charge is 2.08. The number of hydrogen-bond donors (Lipinski definition) is 1. The van der Waals surface area contributed by atoms with E-state index in [-0.39, 0.29) is 5.91 Å². The Hall–Kier alpha value is -1.03. The molecule has 17 heavy (non-hydrogen) atoms. The molecule has 1 aromatic heterocycles. The van der Waals surface area contributed by atoms with E-state index in [0.717, 1.165) is 5.56 Å². The predicted octanol–water partition coefficient (Wildman–Crippen LogP) is 3.98. The molecule has 1 N–H and O–H groups in total. The Morgan fingerprint density at radius 3 is 2.59 bits per heavy atom. The molecule has 2 nitrogen and oxygen atoms in total. The van der Waals surface area contributed by atoms with Crippen LogP contribution in [-0.4, -0.2) is 5.91 Å². The second-order valence-electron chi connectivity index (χ2n) is 3.38. The fourth-order valence-electron chi connectivity index (χ4n) is 1.34. The number of thiophene rings is 1. The van der Waals surface area contributed by atoms with Gasteiger partial charge in [0.15, 0.2) is 0 Å². The van der Waals surface area contributed by atoms with E-state index in [0.29, 0.717) is 20.8 Å². The number of carbonyl (C=O) groups is 1. The highest BCUT2D eigenvalue weighted by atomic mass is 35.5. The number of rotatable bonds is 3. The molecule has 0 spiro atoms. The molecule has 1 aromatic carbocycles. The Balaban J connectivity index is 1.99. The van der Waals surface area contributed by atoms with Crippen LogP contribution in [0, 0.1) is 0 Å². The third-order valence-corrected chi connectivity index (χ3v) is 3.79. The minimum Gasteiger partial charge on any atom is -0.347 e. The number of amides is 1. The lowest BCUT2D eigenvalue weighted by atomic mass is 10.2. The maximum absolute atomic E-state index is 11.7. The van der Waals surface area contributed by atoms with E-state index in [9.17, 15) is 4.79 Å². The molecule has 0 aliphatic carbocycles. The molecule has 0 unspecified atom stereocenters. The number of benzene rings is 1. The lowest BCUT2D eigenvalue weighted by Crippen LogP contribution is -2.21. The molecular formula is C12H9Cl2NOS. The summed E-state index contributed by atoms with van der Waals surface area (Å²) in [5.74, 6) is -0.137. The third kappa shape index (κ3) is 3.22. The zero-order chi connectivity index (χ0) is 12.3. The standard InChI is InChI=1S/C12H9Cl2NOS/c13-9-4-2-1-3-8(9)7-15-12(16)10-5-6-11(14)17-10/h1-6H,7H2,(H,15,16). The van der Waals surface area contributed by atoms with E-state index >= 15 is 0 Å². The van der Waals surface area contributed by atoms with Gasteiger partial charge in [0.25, 0.3) is 5.91 Å². The highest BCUT2D eigenvalue weighted by Crippen LogP contribution is 2.21. The average Bonchev–Trinajstić information content (AvgIpc) is 2.74. The SMILES string of the molecule is O=C(NCc1ccccc1Cl)c1ccc(Cl)s1. The summed E-state index contributed by atoms with van der Waals surface area (Å²) in [5, 5.41) is 3.45. The fourth-order valence-corrected chi connectivity index (χ4v) is 2.50. The van der Waals surface area contributed by atoms with Crippen LogP contribution in [0.15, 0.2) is 36.4 Å². The normalized spacial score (nSPS) is 10.2. The molecule has 1 amide bonds. The average molecular weight is 286 g/mol. The molecule has 2 aromatic rings. The third-order valence-electron chi connectivity index (χ3n) is 2.19. The van der Waals surface area contributed by atoms with E-state index < -0.39 is 0 Å². The Bertz CT molecular complexity index is 539. The van der Waals surface area contributed by atoms with Gasteiger partial charge in [-0.2, -0.15) is 0 Å². The zero-order valence-electron chi connectivity index (χ0n) is 8.74. The molecule has 0 fully saturated rings. The first-order chi connectivity index (χ1) is 8.16. The van der Waals surface area contributed by atoms with Crippen LogP contribution in [-0.2, 0) is 6.54 Å². The number of hydrogen-bond acceptors (Lipinski definition) is 2. The number of carbonyl (C=O) groups excluding carboxylic acids is 1. The summed E-state index contributed by atoms with van der Waals surface area (Å²) in [6.45, 7) is 0.411. The lowest BCUT2D eigenvalue weighted by molar-refractivity contribution is 0.0955. The first-order valence-corrected chi connectivity index (χ1v) is 6.51. The minimum atomic E-state index is -0.137. The van der Waals surface area contributed by atoms with Gasteiger partial charge >= 0.3 is 0 Å². The molecule has 0 aliphatic heterocycles. The monoisotopic (exact) mass is 285 g/mol. The van der Waals surface area contributed by atoms with Crippen molar-refractivity contribution in [3.05, 3.63) is 56.2 Å². The first-order valence-electron chi connectivity index (χ1n) is 4.94. The van der Waals surface area contributed by atoms with E-state index in [4.69, 9.17) is 23.2 Å². The summed E-state index contributed by atoms with van der Waals surface area (Å²) in [6.07, 6.45) is 0. The smallest absolute Gasteiger partial charge is 0.261 e. The van der Waals surface area contributed by atoms with Gasteiger partial charge in [0.05, 0.1) is 9.21 Å². The van der Waals surface area contributed by atoms with Crippen molar-refractivity contribution in [1.82, 2.24) is 5.32 Å². The molecule has 2 rings (SSSR count). The second kappa shape index (κ2) is 5.54. The summed E-state index contributed by atoms with van der Waals surface area (Å²) in [6, 6.07) is 10.8. The topological polar surface area (TPSA) is 29.1 Å². The molecule has 88 valence electrons. The first kappa shape index (κ1) is 12.4. The van der Waals surface area contributed by atoms with Crippen LogP contribution in [0.1, 0.15) is 15.2 Å². The van der Waals surface area contributed by atoms with Gasteiger partial charge in [-0.1, -0.05) is 41.4 Å². The Morgan fingerprint density at radius 2 is 1.94 bits per heavy atom. The van der Waals surface area contributed by atoms with E-state index in [1.807, 2.05) is 18.2 Å². The summed E-state index contributed by atoms with van der Waals surface area (Å²) in [4.78, 5) is 12.3. The van der Waals surface area contributed by atoms with Gasteiger partial charge in [-0.15, -0.1) is 11.3 Å². The van der Waals surface area contributed by atoms with Gasteiger partial charge in [0.2, 0.25) is 0 Å². The van der Waals surface area contributed by atoms with Crippen molar-refractivity contribution in [2.45, 2.75) is 6.54 Å². The molecule has 1 heterocycles. The second-order valence-corrected chi connectivity index (χ2v) is 5.50. The van der Waals surface area contributed by atoms with Crippen LogP contribution < -0.4 is 5.32 Å². The molecule has 0 atom stereocenters. The van der Waals surface area contributed by atoms with Crippen molar-refractivity contribution in [2.24, 2.45) is 0 Å². The molecule has 0 radical (unpaired) electrons. The molecular weight excluding hydrogens is 277 g/mol. The summed E-state index contributed by atoms with van der Waals surface area (Å²) in [7, 11) is 0. The van der Waals surface area contributed by atoms with Gasteiger partial charge in [-0.05, 0) is 23.8 Å². The van der Waals surface area contributed by atoms with Crippen molar-refractivity contribution in [3.63, 3.8) is 0 Å². The summed E-state index contributed by atoms with van der Waals surface area (Å²) >= 11 is 13.0. The van der Waals surface area contributed by atoms with Crippen LogP contribution >= 0.6 is 34.5 Å². The van der Waals surface area contributed by atoms with Crippen molar-refractivity contribution in [2.75, 3.05) is 0 Å². The Morgan fingerprint density at radius 1 is 1.18 bits per heavy atom. The van der Waals surface area contributed by atoms with Crippen LogP contribution in [0.5, 0.6) is 0 Å². The molecule has 0 saturated heterocycles. The number of halogens is 2. The molecule has 0 saturated carbocycles. The van der Waals surface area contributed by atoms with Crippen LogP contribution in [0.3, 0.4) is 0 Å². The predicted molar refractivity (Wildman–Crippen MR) is 72.0 cm³/mol. The lowest BCUT2D eigenvalue weighted by Gasteiger charge is -2.05. The number of nitrogens with one attached hydrogen (secondary N) is 1. The van der Waals surface area contributed by atoms with Crippen LogP contribution in [0.2, 0.25) is 9.36 Å². The van der Waals surface area contributed by atoms with Crippen LogP contribution in [0.4, 0.5) is 0 Å². The van der Waals surface area contributed by atoms with Crippen molar-refractivity contribution >= 4 is 40.4 Å². The van der Waals surface area contributed by atoms with E-state index in [2.05, 4.69) is 5.32 Å². The van der Waals surface area contributed by atoms with Crippen molar-refractivity contribution in [1.29, 1.82) is 0 Å². The van der Waals surface area contributed by atoms with Crippen molar-refractivity contribution < 1.29 is 4.79 Å². The summed E-state index contributed by atoms with van der Waals surface area (Å²) < 4.78 is 0.605. The van der Waals surface area contributed by atoms with Gasteiger partial charge in [-0.25, -0.2) is 0 Å². The maximum Gasteiger partial charge on any atom is 0.261 e. The molecule has 5 heteroatoms. The van der Waals surface area contributed by atoms with Gasteiger partial charge in [0, 0.05) is 11.6 Å². The van der Waals surface area contributed by atoms with Crippen molar-refractivity contribution in [3.8, 4) is 0 Å². The van der Waals surface area contributed by atoms with Gasteiger partial charge in [0.1, 0.15) is 0 Å². The Labute approximate surface area is 113 Å². The highest BCUT2D eigenvalue weighted by molar-refractivity contribution is 7.17. The minimum absolute atomic E-state index is 0.137. The van der Waals surface area contributed by atoms with E-state index in [1.165, 1.54) is 11.3 Å². The van der Waals surface area contributed by atoms with Crippen LogP contribution in [0.25, 0.3) is 0 Å².